The lowest BCUT2D eigenvalue weighted by Crippen LogP contribution is -2.65. The van der Waals surface area contributed by atoms with Gasteiger partial charge in [-0.05, 0) is 138 Å². The number of hydrogen-bond donors (Lipinski definition) is 11. The monoisotopic (exact) mass is 1920 g/mol. The number of primary amides is 1. The standard InChI is InChI=1S/C86H120IN7O28S3/c1-15-94(85(107)115-42-50-27-29-53(30-28-50)91-79(103)52(25-23-34-90-84(89)106)37-57(96)68(44(3)4)92-80(104)51(36-45(5)95)24-20-22-33-88)56-43-114-63(40-61(56)109-10)120-76-71(101)69(47(7)117-83(76)119-60-26-19-17-18-21-32-86(108)41-59(98)54(38-62(99)110-11)66(60)55(86)31-35-124-123-16-2)93-122-64-39-58(97)78(49(9)116-64)125-81(105)65-46(6)67(87)74(77(113-14)73(65)111-12)121-82-72(102)75(112-13)70(100)48(8)118-82/h17-18,27-31,44,47-49,51-52,56,58,60-61,63-64,68-72,75-76,78,82-83,93,97,100-102,108H,15-16,20,22-25,33-43,88H2,1-14H3,(H,91,103)(H,92,104)(H3,89,90,106)/b18-17-,55-31?/t47-,48+,49-,51-,52-,56+,58+,60+,61+,63+,64+,68+,69-,70+,71-,72-,75-,76-,78-,82+,83+,86+/m1/s1. The molecule has 4 aliphatic heterocycles. The van der Waals surface area contributed by atoms with E-state index in [1.54, 1.807) is 89.6 Å². The fourth-order valence-electron chi connectivity index (χ4n) is 15.6. The van der Waals surface area contributed by atoms with Crippen molar-refractivity contribution in [2.24, 2.45) is 29.2 Å². The number of nitrogens with zero attached hydrogens (tertiary/aromatic N) is 1. The van der Waals surface area contributed by atoms with Crippen LogP contribution >= 0.6 is 55.9 Å². The van der Waals surface area contributed by atoms with Crippen LogP contribution in [0.25, 0.3) is 0 Å². The molecule has 6 aliphatic rings. The molecule has 2 aromatic carbocycles. The van der Waals surface area contributed by atoms with Gasteiger partial charge in [0, 0.05) is 98.7 Å². The summed E-state index contributed by atoms with van der Waals surface area (Å²) >= 11 is 2.77. The van der Waals surface area contributed by atoms with Crippen molar-refractivity contribution in [1.29, 1.82) is 0 Å². The van der Waals surface area contributed by atoms with Crippen molar-refractivity contribution in [2.45, 2.75) is 261 Å². The second-order valence-electron chi connectivity index (χ2n) is 31.3. The molecule has 0 aromatic heterocycles. The summed E-state index contributed by atoms with van der Waals surface area (Å²) in [4.78, 5) is 130. The predicted molar refractivity (Wildman–Crippen MR) is 470 cm³/mol. The van der Waals surface area contributed by atoms with Gasteiger partial charge in [-0.15, -0.1) is 0 Å². The fraction of sp³-hybridized carbons (Fsp3) is 0.640. The molecule has 125 heavy (non-hydrogen) atoms. The van der Waals surface area contributed by atoms with Gasteiger partial charge in [0.2, 0.25) is 29.0 Å². The number of anilines is 1. The van der Waals surface area contributed by atoms with Gasteiger partial charge in [0.05, 0.1) is 104 Å². The van der Waals surface area contributed by atoms with Crippen LogP contribution in [0.15, 0.2) is 59.2 Å². The molecular formula is C86H120IN7O28S3. The molecule has 4 saturated heterocycles. The van der Waals surface area contributed by atoms with Crippen molar-refractivity contribution in [3.05, 3.63) is 79.5 Å². The molecule has 0 radical (unpaired) electrons. The number of ketones is 3. The van der Waals surface area contributed by atoms with E-state index in [0.717, 1.165) is 17.5 Å². The Morgan fingerprint density at radius 2 is 1.50 bits per heavy atom. The van der Waals surface area contributed by atoms with Crippen LogP contribution in [0.2, 0.25) is 0 Å². The number of ether oxygens (including phenoxy) is 13. The number of aliphatic hydroxyl groups excluding tert-OH is 4. The molecule has 4 fully saturated rings. The zero-order valence-corrected chi connectivity index (χ0v) is 77.4. The number of halogens is 1. The SMILES string of the molecule is CCSSCC=C1C2=C(CC(=O)OC)C(=O)C[C@@]1(O)C#C/C=C\C#C[C@@H]2O[C@@H]1O[C@H](C)[C@@H](NO[C@H]2C[C@H](O)[C@H](SC(=O)c3c(C)c(I)c(O[C@@H]4O[C@@H](C)[C@H](O)[C@@H](OC)[C@H]4O)c(OC)c3OC)[C@@H](C)O2)[C@@H](O)[C@H]1O[C@H]1C[C@H](OC)[C@@H](N(CC)C(=O)OCc2ccc(NC(=O)[C@H](CCCNC(N)=O)CC(=O)[C@@H](NC(=O)[C@H](CCCCN)CC(C)=O)C(C)C)cc2)CO1. The van der Waals surface area contributed by atoms with Gasteiger partial charge in [-0.3, -0.25) is 33.6 Å². The highest BCUT2D eigenvalue weighted by Gasteiger charge is 2.53. The van der Waals surface area contributed by atoms with Crippen LogP contribution in [0, 0.1) is 51.9 Å². The number of Topliss-reactive ketones (excluding diaryl/α,β-unsaturated/α-hetero) is 3. The quantitative estimate of drug-likeness (QED) is 0.00896. The number of unbranched alkanes of at least 4 members (excludes halogenated alkanes) is 1. The van der Waals surface area contributed by atoms with E-state index in [-0.39, 0.29) is 116 Å². The summed E-state index contributed by atoms with van der Waals surface area (Å²) in [7, 11) is 9.63. The van der Waals surface area contributed by atoms with Crippen molar-refractivity contribution in [3.63, 3.8) is 0 Å². The maximum absolute atomic E-state index is 14.7. The van der Waals surface area contributed by atoms with Crippen LogP contribution in [-0.2, 0) is 87.6 Å². The zero-order chi connectivity index (χ0) is 91.7. The number of amides is 5. The molecule has 2 bridgehead atoms. The number of nitrogens with one attached hydrogen (secondary N) is 4. The van der Waals surface area contributed by atoms with E-state index in [9.17, 15) is 68.7 Å². The Hall–Kier alpha value is -7.05. The van der Waals surface area contributed by atoms with Gasteiger partial charge >= 0.3 is 18.1 Å². The molecule has 22 atom stereocenters. The van der Waals surface area contributed by atoms with E-state index in [0.29, 0.717) is 51.9 Å². The normalized spacial score (nSPS) is 28.6. The number of fused-ring (bicyclic) bond motifs is 2. The number of allylic oxidation sites excluding steroid dienone is 2. The number of aliphatic hydroxyl groups is 5. The minimum atomic E-state index is -2.11. The van der Waals surface area contributed by atoms with Gasteiger partial charge in [-0.2, -0.15) is 5.48 Å². The van der Waals surface area contributed by atoms with Crippen LogP contribution < -0.4 is 47.1 Å². The number of nitrogens with two attached hydrogens (primary N) is 2. The smallest absolute Gasteiger partial charge is 0.410 e. The topological polar surface area (TPSA) is 487 Å². The van der Waals surface area contributed by atoms with Gasteiger partial charge in [-0.25, -0.2) is 9.59 Å². The average Bonchev–Trinajstić information content (AvgIpc) is 0.751. The number of carbonyl (C=O) groups is 9. The Morgan fingerprint density at radius 3 is 2.14 bits per heavy atom. The van der Waals surface area contributed by atoms with Gasteiger partial charge < -0.3 is 124 Å². The van der Waals surface area contributed by atoms with Crippen LogP contribution in [-0.4, -0.2) is 277 Å². The molecule has 39 heteroatoms. The summed E-state index contributed by atoms with van der Waals surface area (Å²) < 4.78 is 79.8. The third-order valence-electron chi connectivity index (χ3n) is 22.2. The molecule has 2 aromatic rings. The zero-order valence-electron chi connectivity index (χ0n) is 72.8. The Bertz CT molecular complexity index is 4280. The summed E-state index contributed by atoms with van der Waals surface area (Å²) in [5, 5.41) is 66.0. The summed E-state index contributed by atoms with van der Waals surface area (Å²) in [6.45, 7) is 15.3. The molecule has 13 N–H and O–H groups in total. The minimum Gasteiger partial charge on any atom is -0.492 e. The first-order chi connectivity index (χ1) is 59.6. The number of hydroxylamine groups is 1. The van der Waals surface area contributed by atoms with Crippen molar-refractivity contribution >= 4 is 114 Å². The second-order valence-corrected chi connectivity index (χ2v) is 36.4. The Kier molecular flexibility index (Phi) is 41.0. The van der Waals surface area contributed by atoms with Gasteiger partial charge in [-0.1, -0.05) is 102 Å². The summed E-state index contributed by atoms with van der Waals surface area (Å²) in [6.07, 6.45) is -14.6. The number of hydrogen-bond acceptors (Lipinski definition) is 33. The summed E-state index contributed by atoms with van der Waals surface area (Å²) in [5.74, 6) is 7.77. The first-order valence-electron chi connectivity index (χ1n) is 41.6. The number of methoxy groups -OCH3 is 5. The van der Waals surface area contributed by atoms with Gasteiger partial charge in [0.15, 0.2) is 47.5 Å². The maximum Gasteiger partial charge on any atom is 0.410 e. The van der Waals surface area contributed by atoms with Gasteiger partial charge in [0.1, 0.15) is 49.0 Å². The third kappa shape index (κ3) is 27.5. The minimum absolute atomic E-state index is 0.00410. The van der Waals surface area contributed by atoms with Gasteiger partial charge in [0.25, 0.3) is 0 Å². The lowest BCUT2D eigenvalue weighted by molar-refractivity contribution is -0.337. The van der Waals surface area contributed by atoms with Crippen LogP contribution in [0.3, 0.4) is 0 Å². The predicted octanol–water partition coefficient (Wildman–Crippen LogP) is 6.07. The number of thioether (sulfide) groups is 1. The lowest BCUT2D eigenvalue weighted by Gasteiger charge is -2.47. The molecule has 0 spiro atoms. The Labute approximate surface area is 754 Å². The molecule has 692 valence electrons. The largest absolute Gasteiger partial charge is 0.492 e. The van der Waals surface area contributed by atoms with E-state index >= 15 is 0 Å². The third-order valence-corrected chi connectivity index (χ3v) is 27.2. The molecule has 5 amide bonds. The number of likely N-dealkylation sites (N-methyl/N-ethyl adjacent to an activating group) is 1. The first kappa shape index (κ1) is 103. The maximum atomic E-state index is 14.7. The molecule has 2 aliphatic carbocycles. The number of urea groups is 1. The molecule has 35 nitrogen and oxygen atoms in total. The number of benzene rings is 2. The Morgan fingerprint density at radius 1 is 0.800 bits per heavy atom. The van der Waals surface area contributed by atoms with Crippen molar-refractivity contribution in [3.8, 4) is 40.9 Å². The molecule has 0 unspecified atom stereocenters. The molecule has 8 rings (SSSR count). The first-order valence-corrected chi connectivity index (χ1v) is 46.0. The fourth-order valence-corrected chi connectivity index (χ4v) is 18.8. The van der Waals surface area contributed by atoms with Crippen LogP contribution in [0.5, 0.6) is 17.2 Å². The van der Waals surface area contributed by atoms with E-state index in [2.05, 4.69) is 45.1 Å². The van der Waals surface area contributed by atoms with Crippen LogP contribution in [0.4, 0.5) is 15.3 Å². The highest BCUT2D eigenvalue weighted by atomic mass is 127. The number of carbonyl (C=O) groups excluding carboxylic acids is 9. The van der Waals surface area contributed by atoms with E-state index < -0.39 is 193 Å². The van der Waals surface area contributed by atoms with Crippen molar-refractivity contribution in [1.82, 2.24) is 21.0 Å². The number of rotatable bonds is 43. The highest BCUT2D eigenvalue weighted by Crippen LogP contribution is 2.50. The van der Waals surface area contributed by atoms with E-state index in [1.165, 1.54) is 70.3 Å². The molecule has 0 saturated carbocycles. The van der Waals surface area contributed by atoms with Crippen molar-refractivity contribution in [2.75, 3.05) is 78.6 Å². The molecule has 4 heterocycles. The summed E-state index contributed by atoms with van der Waals surface area (Å²) in [5.41, 5.74) is 13.2. The summed E-state index contributed by atoms with van der Waals surface area (Å²) in [6, 6.07) is 2.70. The van der Waals surface area contributed by atoms with Crippen molar-refractivity contribution < 1.29 is 135 Å². The highest BCUT2D eigenvalue weighted by molar-refractivity contribution is 14.1. The van der Waals surface area contributed by atoms with E-state index in [1.807, 2.05) is 29.5 Å². The second kappa shape index (κ2) is 49.7. The average molecular weight is 1920 g/mol. The Balaban J connectivity index is 0.995. The number of esters is 1. The van der Waals surface area contributed by atoms with E-state index in [4.69, 9.17) is 77.9 Å². The molecular weight excluding hydrogens is 1800 g/mol. The lowest BCUT2D eigenvalue weighted by atomic mass is 9.72. The van der Waals surface area contributed by atoms with Crippen LogP contribution in [0.1, 0.15) is 148 Å².